The second-order valence-electron chi connectivity index (χ2n) is 1.46. The van der Waals surface area contributed by atoms with Gasteiger partial charge in [-0.1, -0.05) is 0 Å². The molecule has 1 heterocycles. The Kier molecular flexibility index (Phi) is 1.81. The molecule has 0 saturated carbocycles. The monoisotopic (exact) mass is 142 g/mol. The molecule has 0 fully saturated rings. The first-order valence-electron chi connectivity index (χ1n) is 2.36. The lowest BCUT2D eigenvalue weighted by molar-refractivity contribution is 0.391. The van der Waals surface area contributed by atoms with Crippen molar-refractivity contribution in [2.75, 3.05) is 5.48 Å². The summed E-state index contributed by atoms with van der Waals surface area (Å²) in [7, 11) is 0. The summed E-state index contributed by atoms with van der Waals surface area (Å²) in [5.41, 5.74) is 2.70. The van der Waals surface area contributed by atoms with Crippen LogP contribution >= 0.6 is 11.3 Å². The van der Waals surface area contributed by atoms with Gasteiger partial charge in [0, 0.05) is 11.8 Å². The van der Waals surface area contributed by atoms with Gasteiger partial charge in [0.15, 0.2) is 0 Å². The van der Waals surface area contributed by atoms with Crippen LogP contribution < -0.4 is 5.48 Å². The summed E-state index contributed by atoms with van der Waals surface area (Å²) in [5.74, 6) is 0. The van der Waals surface area contributed by atoms with Gasteiger partial charge in [0.25, 0.3) is 0 Å². The van der Waals surface area contributed by atoms with Gasteiger partial charge in [-0.05, 0) is 11.4 Å². The summed E-state index contributed by atoms with van der Waals surface area (Å²) in [4.78, 5) is 0. The Morgan fingerprint density at radius 3 is 3.00 bits per heavy atom. The minimum Gasteiger partial charge on any atom is -0.308 e. The first kappa shape index (κ1) is 6.25. The predicted octanol–water partition coefficient (Wildman–Crippen LogP) is 1.55. The lowest BCUT2D eigenvalue weighted by Crippen LogP contribution is -1.88. The molecule has 0 saturated heterocycles. The fraction of sp³-hybridized carbons (Fsp3) is 0. The maximum Gasteiger partial charge on any atom is 0.121 e. The van der Waals surface area contributed by atoms with Crippen molar-refractivity contribution >= 4 is 22.6 Å². The molecule has 0 atom stereocenters. The van der Waals surface area contributed by atoms with Crippen molar-refractivity contribution in [2.24, 2.45) is 0 Å². The van der Waals surface area contributed by atoms with Crippen LogP contribution in [0.1, 0.15) is 5.56 Å². The van der Waals surface area contributed by atoms with Crippen molar-refractivity contribution in [2.45, 2.75) is 0 Å². The highest BCUT2D eigenvalue weighted by atomic mass is 32.1. The fourth-order valence-electron chi connectivity index (χ4n) is 0.524. The highest BCUT2D eigenvalue weighted by Crippen LogP contribution is 2.19. The molecule has 0 spiro atoms. The molecular weight excluding hydrogens is 136 g/mol. The topological polar surface area (TPSA) is 56.1 Å². The van der Waals surface area contributed by atoms with Crippen LogP contribution in [0.15, 0.2) is 11.4 Å². The van der Waals surface area contributed by atoms with Gasteiger partial charge in [0.05, 0.1) is 0 Å². The second kappa shape index (κ2) is 2.61. The Morgan fingerprint density at radius 1 is 1.78 bits per heavy atom. The Morgan fingerprint density at radius 2 is 2.56 bits per heavy atom. The largest absolute Gasteiger partial charge is 0.308 e. The lowest BCUT2D eigenvalue weighted by Gasteiger charge is -1.91. The van der Waals surface area contributed by atoms with Crippen molar-refractivity contribution in [3.63, 3.8) is 0 Å². The van der Waals surface area contributed by atoms with E-state index in [1.165, 1.54) is 17.6 Å². The molecule has 0 radical (unpaired) electrons. The first-order chi connectivity index (χ1) is 4.38. The van der Waals surface area contributed by atoms with Gasteiger partial charge in [-0.2, -0.15) is 0 Å². The highest BCUT2D eigenvalue weighted by molar-refractivity contribution is 7.14. The van der Waals surface area contributed by atoms with Crippen LogP contribution in [0, 0.1) is 5.41 Å². The third-order valence-corrected chi connectivity index (χ3v) is 1.79. The van der Waals surface area contributed by atoms with Gasteiger partial charge in [-0.3, -0.25) is 10.7 Å². The summed E-state index contributed by atoms with van der Waals surface area (Å²) in [5, 5.41) is 17.7. The molecule has 3 nitrogen and oxygen atoms in total. The number of thiophene rings is 1. The molecular formula is C5H6N2OS. The molecule has 0 aliphatic carbocycles. The Bertz CT molecular complexity index is 208. The van der Waals surface area contributed by atoms with Crippen LogP contribution in [-0.4, -0.2) is 11.4 Å². The SMILES string of the molecule is N=Cc1ccsc1NO. The third-order valence-electron chi connectivity index (χ3n) is 0.953. The Balaban J connectivity index is 2.98. The van der Waals surface area contributed by atoms with Gasteiger partial charge in [-0.25, -0.2) is 0 Å². The minimum atomic E-state index is 0.616. The van der Waals surface area contributed by atoms with Gasteiger partial charge < -0.3 is 5.41 Å². The molecule has 1 rings (SSSR count). The summed E-state index contributed by atoms with van der Waals surface area (Å²) < 4.78 is 0. The summed E-state index contributed by atoms with van der Waals surface area (Å²) in [6, 6.07) is 1.76. The van der Waals surface area contributed by atoms with Crippen molar-refractivity contribution in [3.05, 3.63) is 17.0 Å². The number of hydrogen-bond acceptors (Lipinski definition) is 4. The molecule has 0 amide bonds. The maximum atomic E-state index is 8.40. The second-order valence-corrected chi connectivity index (χ2v) is 2.38. The molecule has 0 unspecified atom stereocenters. The molecule has 1 aromatic rings. The van der Waals surface area contributed by atoms with Crippen LogP contribution in [0.4, 0.5) is 5.00 Å². The zero-order valence-electron chi connectivity index (χ0n) is 4.59. The Hall–Kier alpha value is -0.870. The van der Waals surface area contributed by atoms with Crippen molar-refractivity contribution in [3.8, 4) is 0 Å². The van der Waals surface area contributed by atoms with E-state index < -0.39 is 0 Å². The number of anilines is 1. The van der Waals surface area contributed by atoms with Crippen molar-refractivity contribution in [1.82, 2.24) is 0 Å². The van der Waals surface area contributed by atoms with Crippen LogP contribution in [0.5, 0.6) is 0 Å². The van der Waals surface area contributed by atoms with E-state index in [1.54, 1.807) is 11.4 Å². The molecule has 0 aliphatic rings. The molecule has 0 aliphatic heterocycles. The van der Waals surface area contributed by atoms with Crippen LogP contribution in [0.25, 0.3) is 0 Å². The van der Waals surface area contributed by atoms with E-state index >= 15 is 0 Å². The molecule has 48 valence electrons. The van der Waals surface area contributed by atoms with E-state index in [2.05, 4.69) is 0 Å². The van der Waals surface area contributed by atoms with Crippen molar-refractivity contribution < 1.29 is 5.21 Å². The van der Waals surface area contributed by atoms with E-state index in [9.17, 15) is 0 Å². The zero-order chi connectivity index (χ0) is 6.69. The van der Waals surface area contributed by atoms with E-state index in [4.69, 9.17) is 10.6 Å². The molecule has 9 heavy (non-hydrogen) atoms. The van der Waals surface area contributed by atoms with Crippen LogP contribution in [0.3, 0.4) is 0 Å². The molecule has 1 aromatic heterocycles. The zero-order valence-corrected chi connectivity index (χ0v) is 5.40. The van der Waals surface area contributed by atoms with Gasteiger partial charge in [0.1, 0.15) is 5.00 Å². The van der Waals surface area contributed by atoms with E-state index in [0.29, 0.717) is 10.6 Å². The average Bonchev–Trinajstić information content (AvgIpc) is 2.33. The van der Waals surface area contributed by atoms with E-state index in [1.807, 2.05) is 5.48 Å². The molecule has 0 aromatic carbocycles. The molecule has 4 heteroatoms. The van der Waals surface area contributed by atoms with Crippen LogP contribution in [0.2, 0.25) is 0 Å². The van der Waals surface area contributed by atoms with Crippen LogP contribution in [-0.2, 0) is 0 Å². The maximum absolute atomic E-state index is 8.40. The van der Waals surface area contributed by atoms with E-state index in [-0.39, 0.29) is 0 Å². The quantitative estimate of drug-likeness (QED) is 0.433. The summed E-state index contributed by atoms with van der Waals surface area (Å²) >= 11 is 1.36. The van der Waals surface area contributed by atoms with Gasteiger partial charge in [0.2, 0.25) is 0 Å². The Labute approximate surface area is 56.4 Å². The first-order valence-corrected chi connectivity index (χ1v) is 3.24. The lowest BCUT2D eigenvalue weighted by atomic mass is 10.3. The van der Waals surface area contributed by atoms with Crippen molar-refractivity contribution in [1.29, 1.82) is 5.41 Å². The number of rotatable bonds is 2. The standard InChI is InChI=1S/C5H6N2OS/c6-3-4-1-2-9-5(4)7-8/h1-3,6-8H. The van der Waals surface area contributed by atoms with E-state index in [0.717, 1.165) is 0 Å². The number of nitrogens with one attached hydrogen (secondary N) is 2. The third kappa shape index (κ3) is 1.09. The highest BCUT2D eigenvalue weighted by Gasteiger charge is 1.96. The van der Waals surface area contributed by atoms with Gasteiger partial charge in [-0.15, -0.1) is 11.3 Å². The molecule has 0 bridgehead atoms. The predicted molar refractivity (Wildman–Crippen MR) is 37.6 cm³/mol. The summed E-state index contributed by atoms with van der Waals surface area (Å²) in [6.07, 6.45) is 1.19. The fourth-order valence-corrected chi connectivity index (χ4v) is 1.19. The normalized spacial score (nSPS) is 9.00. The van der Waals surface area contributed by atoms with Gasteiger partial charge >= 0.3 is 0 Å². The average molecular weight is 142 g/mol. The number of hydrogen-bond donors (Lipinski definition) is 3. The molecule has 3 N–H and O–H groups in total. The summed E-state index contributed by atoms with van der Waals surface area (Å²) in [6.45, 7) is 0. The minimum absolute atomic E-state index is 0.616. The smallest absolute Gasteiger partial charge is 0.121 e.